The van der Waals surface area contributed by atoms with Crippen molar-refractivity contribution in [3.63, 3.8) is 0 Å². The van der Waals surface area contributed by atoms with Crippen LogP contribution >= 0.6 is 0 Å². The van der Waals surface area contributed by atoms with Crippen LogP contribution in [0.3, 0.4) is 0 Å². The van der Waals surface area contributed by atoms with E-state index in [1.807, 2.05) is 0 Å². The van der Waals surface area contributed by atoms with Crippen LogP contribution in [0, 0.1) is 11.3 Å². The molecule has 1 aromatic rings. The molecule has 28 heavy (non-hydrogen) atoms. The number of carbonyl (C=O) groups is 2. The number of hydrogen-bond donors (Lipinski definition) is 1. The number of nitrogens with one attached hydrogen (secondary N) is 1. The molecule has 0 aromatic heterocycles. The van der Waals surface area contributed by atoms with Gasteiger partial charge in [-0.15, -0.1) is 0 Å². The topological polar surface area (TPSA) is 107 Å². The van der Waals surface area contributed by atoms with E-state index in [2.05, 4.69) is 11.4 Å². The maximum atomic E-state index is 12.6. The van der Waals surface area contributed by atoms with Crippen LogP contribution < -0.4 is 19.5 Å². The SMILES string of the molecule is COc1ccc(C(=O)O[C@@H](C)C(=O)NC2(C#N)CCCCC2)c(OC)c1OC. The molecule has 1 atom stereocenters. The van der Waals surface area contributed by atoms with Crippen molar-refractivity contribution in [2.75, 3.05) is 21.3 Å². The Labute approximate surface area is 164 Å². The quantitative estimate of drug-likeness (QED) is 0.713. The van der Waals surface area contributed by atoms with Gasteiger partial charge in [0.1, 0.15) is 11.1 Å². The van der Waals surface area contributed by atoms with Crippen LogP contribution in [0.1, 0.15) is 49.4 Å². The van der Waals surface area contributed by atoms with E-state index in [0.717, 1.165) is 19.3 Å². The van der Waals surface area contributed by atoms with Crippen LogP contribution in [-0.2, 0) is 9.53 Å². The Morgan fingerprint density at radius 3 is 2.25 bits per heavy atom. The molecule has 1 aliphatic rings. The fourth-order valence-corrected chi connectivity index (χ4v) is 3.30. The van der Waals surface area contributed by atoms with Gasteiger partial charge < -0.3 is 24.3 Å². The van der Waals surface area contributed by atoms with E-state index in [9.17, 15) is 14.9 Å². The third-order valence-electron chi connectivity index (χ3n) is 4.86. The maximum absolute atomic E-state index is 12.6. The molecule has 1 aromatic carbocycles. The van der Waals surface area contributed by atoms with Gasteiger partial charge in [0.05, 0.1) is 27.4 Å². The Bertz CT molecular complexity index is 765. The van der Waals surface area contributed by atoms with Crippen LogP contribution in [0.25, 0.3) is 0 Å². The summed E-state index contributed by atoms with van der Waals surface area (Å²) in [7, 11) is 4.29. The molecule has 2 rings (SSSR count). The highest BCUT2D eigenvalue weighted by Gasteiger charge is 2.35. The summed E-state index contributed by atoms with van der Waals surface area (Å²) in [5, 5.41) is 12.2. The van der Waals surface area contributed by atoms with Crippen molar-refractivity contribution in [1.29, 1.82) is 5.26 Å². The van der Waals surface area contributed by atoms with Crippen molar-refractivity contribution >= 4 is 11.9 Å². The van der Waals surface area contributed by atoms with Gasteiger partial charge in [0, 0.05) is 0 Å². The van der Waals surface area contributed by atoms with E-state index in [1.54, 1.807) is 6.07 Å². The molecule has 0 bridgehead atoms. The molecule has 1 N–H and O–H groups in total. The van der Waals surface area contributed by atoms with Gasteiger partial charge in [0.25, 0.3) is 5.91 Å². The number of hydrogen-bond acceptors (Lipinski definition) is 7. The van der Waals surface area contributed by atoms with E-state index in [1.165, 1.54) is 34.3 Å². The molecule has 0 spiro atoms. The summed E-state index contributed by atoms with van der Waals surface area (Å²) in [5.41, 5.74) is -0.788. The molecular weight excluding hydrogens is 364 g/mol. The number of nitriles is 1. The molecule has 0 unspecified atom stereocenters. The van der Waals surface area contributed by atoms with Gasteiger partial charge in [-0.3, -0.25) is 4.79 Å². The molecular formula is C20H26N2O6. The molecule has 1 fully saturated rings. The van der Waals surface area contributed by atoms with Gasteiger partial charge in [-0.2, -0.15) is 5.26 Å². The molecule has 8 heteroatoms. The number of carbonyl (C=O) groups excluding carboxylic acids is 2. The first-order chi connectivity index (χ1) is 13.4. The minimum absolute atomic E-state index is 0.104. The molecule has 0 aliphatic heterocycles. The highest BCUT2D eigenvalue weighted by molar-refractivity contribution is 5.96. The summed E-state index contributed by atoms with van der Waals surface area (Å²) in [5.74, 6) is -0.441. The van der Waals surface area contributed by atoms with Crippen LogP contribution in [-0.4, -0.2) is 44.8 Å². The Morgan fingerprint density at radius 2 is 1.71 bits per heavy atom. The molecule has 1 saturated carbocycles. The van der Waals surface area contributed by atoms with Gasteiger partial charge in [-0.25, -0.2) is 4.79 Å². The van der Waals surface area contributed by atoms with E-state index in [0.29, 0.717) is 18.6 Å². The second-order valence-electron chi connectivity index (χ2n) is 6.67. The van der Waals surface area contributed by atoms with Gasteiger partial charge in [0.2, 0.25) is 5.75 Å². The summed E-state index contributed by atoms with van der Waals surface area (Å²) in [6, 6.07) is 5.24. The average molecular weight is 390 g/mol. The molecule has 1 amide bonds. The lowest BCUT2D eigenvalue weighted by atomic mass is 9.83. The van der Waals surface area contributed by atoms with Crippen LogP contribution in [0.15, 0.2) is 12.1 Å². The Balaban J connectivity index is 2.14. The fraction of sp³-hybridized carbons (Fsp3) is 0.550. The Hall–Kier alpha value is -2.95. The smallest absolute Gasteiger partial charge is 0.342 e. The summed E-state index contributed by atoms with van der Waals surface area (Å²) in [4.78, 5) is 25.1. The van der Waals surface area contributed by atoms with Crippen molar-refractivity contribution in [3.8, 4) is 23.3 Å². The van der Waals surface area contributed by atoms with Crippen LogP contribution in [0.4, 0.5) is 0 Å². The van der Waals surface area contributed by atoms with Crippen molar-refractivity contribution < 1.29 is 28.5 Å². The van der Waals surface area contributed by atoms with E-state index in [-0.39, 0.29) is 17.1 Å². The third kappa shape index (κ3) is 4.47. The number of methoxy groups -OCH3 is 3. The van der Waals surface area contributed by atoms with Crippen molar-refractivity contribution in [3.05, 3.63) is 17.7 Å². The summed E-state index contributed by atoms with van der Waals surface area (Å²) in [6.07, 6.45) is 2.93. The predicted molar refractivity (Wildman–Crippen MR) is 101 cm³/mol. The first kappa shape index (κ1) is 21.4. The fourth-order valence-electron chi connectivity index (χ4n) is 3.30. The van der Waals surface area contributed by atoms with Crippen LogP contribution in [0.5, 0.6) is 17.2 Å². The minimum Gasteiger partial charge on any atom is -0.493 e. The lowest BCUT2D eigenvalue weighted by molar-refractivity contribution is -0.130. The number of nitrogens with zero attached hydrogens (tertiary/aromatic N) is 1. The van der Waals surface area contributed by atoms with E-state index >= 15 is 0 Å². The summed E-state index contributed by atoms with van der Waals surface area (Å²) in [6.45, 7) is 1.47. The van der Waals surface area contributed by atoms with Crippen molar-refractivity contribution in [1.82, 2.24) is 5.32 Å². The van der Waals surface area contributed by atoms with Gasteiger partial charge >= 0.3 is 5.97 Å². The zero-order valence-electron chi connectivity index (χ0n) is 16.7. The maximum Gasteiger partial charge on any atom is 0.342 e. The molecule has 0 radical (unpaired) electrons. The third-order valence-corrected chi connectivity index (χ3v) is 4.86. The van der Waals surface area contributed by atoms with E-state index in [4.69, 9.17) is 18.9 Å². The first-order valence-electron chi connectivity index (χ1n) is 9.14. The minimum atomic E-state index is -1.07. The van der Waals surface area contributed by atoms with Crippen molar-refractivity contribution in [2.24, 2.45) is 0 Å². The molecule has 0 saturated heterocycles. The molecule has 0 heterocycles. The van der Waals surface area contributed by atoms with Gasteiger partial charge in [0.15, 0.2) is 17.6 Å². The second-order valence-corrected chi connectivity index (χ2v) is 6.67. The monoisotopic (exact) mass is 390 g/mol. The number of ether oxygens (including phenoxy) is 4. The molecule has 8 nitrogen and oxygen atoms in total. The highest BCUT2D eigenvalue weighted by Crippen LogP contribution is 2.40. The summed E-state index contributed by atoms with van der Waals surface area (Å²) >= 11 is 0. The lowest BCUT2D eigenvalue weighted by Crippen LogP contribution is -2.52. The average Bonchev–Trinajstić information content (AvgIpc) is 2.72. The van der Waals surface area contributed by atoms with Crippen molar-refractivity contribution in [2.45, 2.75) is 50.7 Å². The lowest BCUT2D eigenvalue weighted by Gasteiger charge is -2.32. The first-order valence-corrected chi connectivity index (χ1v) is 9.14. The van der Waals surface area contributed by atoms with Crippen LogP contribution in [0.2, 0.25) is 0 Å². The summed E-state index contributed by atoms with van der Waals surface area (Å²) < 4.78 is 21.0. The zero-order chi connectivity index (χ0) is 20.7. The molecule has 152 valence electrons. The number of esters is 1. The van der Waals surface area contributed by atoms with Gasteiger partial charge in [-0.05, 0) is 31.9 Å². The Kier molecular flexibility index (Phi) is 7.10. The van der Waals surface area contributed by atoms with Gasteiger partial charge in [-0.1, -0.05) is 19.3 Å². The second kappa shape index (κ2) is 9.31. The zero-order valence-corrected chi connectivity index (χ0v) is 16.7. The number of amides is 1. The largest absolute Gasteiger partial charge is 0.493 e. The molecule has 1 aliphatic carbocycles. The highest BCUT2D eigenvalue weighted by atomic mass is 16.6. The number of rotatable bonds is 7. The van der Waals surface area contributed by atoms with E-state index < -0.39 is 23.5 Å². The number of benzene rings is 1. The predicted octanol–water partition coefficient (Wildman–Crippen LogP) is 2.60. The normalized spacial score (nSPS) is 16.2. The Morgan fingerprint density at radius 1 is 1.07 bits per heavy atom. The standard InChI is InChI=1S/C20H26N2O6/c1-13(18(23)22-20(12-21)10-6-5-7-11-20)28-19(24)14-8-9-15(25-2)17(27-4)16(14)26-3/h8-9,13H,5-7,10-11H2,1-4H3,(H,22,23)/t13-/m0/s1.